The van der Waals surface area contributed by atoms with Crippen molar-refractivity contribution in [2.45, 2.75) is 20.3 Å². The van der Waals surface area contributed by atoms with Gasteiger partial charge in [-0.15, -0.1) is 0 Å². The predicted molar refractivity (Wildman–Crippen MR) is 65.9 cm³/mol. The smallest absolute Gasteiger partial charge is 0.310 e. The van der Waals surface area contributed by atoms with E-state index < -0.39 is 10.9 Å². The van der Waals surface area contributed by atoms with Crippen molar-refractivity contribution in [1.82, 2.24) is 0 Å². The first-order chi connectivity index (χ1) is 7.97. The van der Waals surface area contributed by atoms with Gasteiger partial charge in [0, 0.05) is 5.56 Å². The average molecular weight is 302 g/mol. The van der Waals surface area contributed by atoms with Crippen LogP contribution in [0.15, 0.2) is 16.6 Å². The molecule has 1 aromatic rings. The summed E-state index contributed by atoms with van der Waals surface area (Å²) in [4.78, 5) is 21.7. The molecule has 0 unspecified atom stereocenters. The number of nitrogens with zero attached hydrogens (tertiary/aromatic N) is 1. The van der Waals surface area contributed by atoms with Crippen molar-refractivity contribution >= 4 is 27.6 Å². The number of aryl methyl sites for hydroxylation is 1. The molecule has 0 amide bonds. The van der Waals surface area contributed by atoms with Gasteiger partial charge in [-0.3, -0.25) is 14.9 Å². The average Bonchev–Trinajstić information content (AvgIpc) is 2.22. The number of ether oxygens (including phenoxy) is 1. The Bertz CT molecular complexity index is 459. The van der Waals surface area contributed by atoms with Crippen LogP contribution in [0.5, 0.6) is 0 Å². The predicted octanol–water partition coefficient (Wildman–Crippen LogP) is 2.77. The van der Waals surface area contributed by atoms with E-state index in [1.165, 1.54) is 0 Å². The van der Waals surface area contributed by atoms with Crippen molar-refractivity contribution < 1.29 is 14.5 Å². The lowest BCUT2D eigenvalue weighted by Gasteiger charge is -2.06. The Hall–Kier alpha value is -1.43. The number of esters is 1. The molecular weight excluding hydrogens is 290 g/mol. The molecule has 0 fully saturated rings. The summed E-state index contributed by atoms with van der Waals surface area (Å²) in [5, 5.41) is 10.9. The van der Waals surface area contributed by atoms with Gasteiger partial charge in [0.05, 0.1) is 22.4 Å². The number of hydrogen-bond acceptors (Lipinski definition) is 4. The van der Waals surface area contributed by atoms with Gasteiger partial charge in [-0.2, -0.15) is 0 Å². The highest BCUT2D eigenvalue weighted by Gasteiger charge is 2.20. The van der Waals surface area contributed by atoms with E-state index in [4.69, 9.17) is 4.74 Å². The summed E-state index contributed by atoms with van der Waals surface area (Å²) in [7, 11) is 0. The number of nitro groups is 1. The first-order valence-electron chi connectivity index (χ1n) is 5.05. The molecule has 0 aliphatic heterocycles. The highest BCUT2D eigenvalue weighted by molar-refractivity contribution is 9.10. The minimum atomic E-state index is -0.464. The largest absolute Gasteiger partial charge is 0.466 e. The molecule has 0 saturated heterocycles. The van der Waals surface area contributed by atoms with E-state index in [0.717, 1.165) is 0 Å². The third kappa shape index (κ3) is 3.26. The molecule has 5 nitrogen and oxygen atoms in total. The normalized spacial score (nSPS) is 10.1. The Morgan fingerprint density at radius 2 is 2.18 bits per heavy atom. The molecule has 0 spiro atoms. The molecular formula is C11H12BrNO4. The molecule has 0 bridgehead atoms. The first kappa shape index (κ1) is 13.6. The molecule has 92 valence electrons. The maximum atomic E-state index is 11.3. The second kappa shape index (κ2) is 5.77. The lowest BCUT2D eigenvalue weighted by Crippen LogP contribution is -2.08. The van der Waals surface area contributed by atoms with Crippen LogP contribution >= 0.6 is 15.9 Å². The summed E-state index contributed by atoms with van der Waals surface area (Å²) in [5.41, 5.74) is 1.10. The highest BCUT2D eigenvalue weighted by Crippen LogP contribution is 2.32. The summed E-state index contributed by atoms with van der Waals surface area (Å²) in [6, 6.07) is 3.31. The zero-order chi connectivity index (χ0) is 13.0. The van der Waals surface area contributed by atoms with E-state index in [2.05, 4.69) is 15.9 Å². The zero-order valence-corrected chi connectivity index (χ0v) is 11.1. The Labute approximate surface area is 107 Å². The van der Waals surface area contributed by atoms with E-state index in [0.29, 0.717) is 22.2 Å². The van der Waals surface area contributed by atoms with Gasteiger partial charge in [-0.05, 0) is 35.3 Å². The third-order valence-electron chi connectivity index (χ3n) is 2.22. The Balaban J connectivity index is 3.07. The fraction of sp³-hybridized carbons (Fsp3) is 0.364. The van der Waals surface area contributed by atoms with E-state index in [1.54, 1.807) is 26.0 Å². The number of rotatable bonds is 4. The molecule has 0 aromatic heterocycles. The lowest BCUT2D eigenvalue weighted by molar-refractivity contribution is -0.386. The summed E-state index contributed by atoms with van der Waals surface area (Å²) >= 11 is 3.16. The van der Waals surface area contributed by atoms with Crippen molar-refractivity contribution in [3.8, 4) is 0 Å². The molecule has 1 rings (SSSR count). The van der Waals surface area contributed by atoms with Crippen LogP contribution in [0.2, 0.25) is 0 Å². The monoisotopic (exact) mass is 301 g/mol. The summed E-state index contributed by atoms with van der Waals surface area (Å²) in [6.07, 6.45) is 0.0234. The van der Waals surface area contributed by atoms with Gasteiger partial charge >= 0.3 is 5.97 Å². The number of halogens is 1. The van der Waals surface area contributed by atoms with Crippen LogP contribution in [0.4, 0.5) is 5.69 Å². The standard InChI is InChI=1S/C11H12BrNO4/c1-3-17-9(14)6-8-5-4-7(2)11(10(8)12)13(15)16/h4-5H,3,6H2,1-2H3. The van der Waals surface area contributed by atoms with E-state index in [9.17, 15) is 14.9 Å². The van der Waals surface area contributed by atoms with Gasteiger partial charge in [0.1, 0.15) is 0 Å². The molecule has 6 heteroatoms. The van der Waals surface area contributed by atoms with Crippen LogP contribution in [-0.4, -0.2) is 17.5 Å². The van der Waals surface area contributed by atoms with Gasteiger partial charge in [-0.25, -0.2) is 0 Å². The van der Waals surface area contributed by atoms with Gasteiger partial charge < -0.3 is 4.74 Å². The lowest BCUT2D eigenvalue weighted by atomic mass is 10.1. The topological polar surface area (TPSA) is 69.4 Å². The number of hydrogen-bond donors (Lipinski definition) is 0. The van der Waals surface area contributed by atoms with Crippen molar-refractivity contribution in [1.29, 1.82) is 0 Å². The first-order valence-corrected chi connectivity index (χ1v) is 5.84. The quantitative estimate of drug-likeness (QED) is 0.487. The van der Waals surface area contributed by atoms with Crippen LogP contribution in [-0.2, 0) is 16.0 Å². The fourth-order valence-corrected chi connectivity index (χ4v) is 2.16. The molecule has 0 aliphatic rings. The number of carbonyl (C=O) groups excluding carboxylic acids is 1. The van der Waals surface area contributed by atoms with Gasteiger partial charge in [0.25, 0.3) is 5.69 Å². The number of nitro benzene ring substituents is 1. The summed E-state index contributed by atoms with van der Waals surface area (Å²) in [6.45, 7) is 3.66. The Kier molecular flexibility index (Phi) is 4.62. The van der Waals surface area contributed by atoms with Gasteiger partial charge in [-0.1, -0.05) is 12.1 Å². The Morgan fingerprint density at radius 1 is 1.53 bits per heavy atom. The SMILES string of the molecule is CCOC(=O)Cc1ccc(C)c([N+](=O)[O-])c1Br. The zero-order valence-electron chi connectivity index (χ0n) is 9.53. The third-order valence-corrected chi connectivity index (χ3v) is 3.11. The van der Waals surface area contributed by atoms with Crippen LogP contribution in [0, 0.1) is 17.0 Å². The second-order valence-electron chi connectivity index (χ2n) is 3.44. The second-order valence-corrected chi connectivity index (χ2v) is 4.24. The van der Waals surface area contributed by atoms with Crippen molar-refractivity contribution in [2.75, 3.05) is 6.61 Å². The fourth-order valence-electron chi connectivity index (χ4n) is 1.43. The van der Waals surface area contributed by atoms with Crippen molar-refractivity contribution in [3.05, 3.63) is 37.8 Å². The molecule has 1 aromatic carbocycles. The van der Waals surface area contributed by atoms with Gasteiger partial charge in [0.15, 0.2) is 0 Å². The molecule has 17 heavy (non-hydrogen) atoms. The minimum absolute atomic E-state index is 0.00759. The van der Waals surface area contributed by atoms with Crippen LogP contribution < -0.4 is 0 Å². The minimum Gasteiger partial charge on any atom is -0.466 e. The molecule has 0 aliphatic carbocycles. The maximum absolute atomic E-state index is 11.3. The highest BCUT2D eigenvalue weighted by atomic mass is 79.9. The summed E-state index contributed by atoms with van der Waals surface area (Å²) in [5.74, 6) is -0.397. The van der Waals surface area contributed by atoms with Crippen molar-refractivity contribution in [3.63, 3.8) is 0 Å². The molecule has 0 atom stereocenters. The summed E-state index contributed by atoms with van der Waals surface area (Å²) < 4.78 is 5.14. The van der Waals surface area contributed by atoms with Crippen LogP contribution in [0.1, 0.15) is 18.1 Å². The maximum Gasteiger partial charge on any atom is 0.310 e. The number of carbonyl (C=O) groups is 1. The van der Waals surface area contributed by atoms with Crippen LogP contribution in [0.3, 0.4) is 0 Å². The van der Waals surface area contributed by atoms with Gasteiger partial charge in [0.2, 0.25) is 0 Å². The van der Waals surface area contributed by atoms with E-state index in [1.807, 2.05) is 0 Å². The molecule has 0 radical (unpaired) electrons. The molecule has 0 N–H and O–H groups in total. The molecule has 0 saturated carbocycles. The van der Waals surface area contributed by atoms with E-state index >= 15 is 0 Å². The van der Waals surface area contributed by atoms with E-state index in [-0.39, 0.29) is 12.1 Å². The van der Waals surface area contributed by atoms with Crippen molar-refractivity contribution in [2.24, 2.45) is 0 Å². The molecule has 0 heterocycles. The number of benzene rings is 1. The van der Waals surface area contributed by atoms with Crippen LogP contribution in [0.25, 0.3) is 0 Å². The Morgan fingerprint density at radius 3 is 2.71 bits per heavy atom.